The number of benzene rings is 1. The van der Waals surface area contributed by atoms with Crippen LogP contribution in [0.5, 0.6) is 5.75 Å². The van der Waals surface area contributed by atoms with E-state index in [2.05, 4.69) is 5.29 Å². The first-order valence-electron chi connectivity index (χ1n) is 4.39. The molecule has 1 aromatic carbocycles. The van der Waals surface area contributed by atoms with E-state index in [0.29, 0.717) is 5.75 Å². The Morgan fingerprint density at radius 1 is 1.47 bits per heavy atom. The highest BCUT2D eigenvalue weighted by atomic mass is 16.6. The fourth-order valence-electron chi connectivity index (χ4n) is 1.51. The van der Waals surface area contributed by atoms with E-state index in [0.717, 1.165) is 5.56 Å². The van der Waals surface area contributed by atoms with Crippen LogP contribution in [0.15, 0.2) is 29.6 Å². The fourth-order valence-corrected chi connectivity index (χ4v) is 1.51. The Morgan fingerprint density at radius 3 is 2.93 bits per heavy atom. The number of hydroxylamine groups is 1. The van der Waals surface area contributed by atoms with Crippen molar-refractivity contribution in [2.75, 3.05) is 0 Å². The lowest BCUT2D eigenvalue weighted by molar-refractivity contribution is -0.875. The van der Waals surface area contributed by atoms with Crippen LogP contribution in [0.4, 0.5) is 0 Å². The van der Waals surface area contributed by atoms with E-state index in [1.807, 2.05) is 0 Å². The summed E-state index contributed by atoms with van der Waals surface area (Å²) in [6, 6.07) is 5.80. The number of hydrogen-bond donors (Lipinski definition) is 1. The SMILES string of the molecule is O=N[NH+]([O-])C1Cc2ccccc2OC1=O. The highest BCUT2D eigenvalue weighted by Crippen LogP contribution is 2.23. The smallest absolute Gasteiger partial charge is 0.373 e. The second-order valence-electron chi connectivity index (χ2n) is 3.22. The zero-order valence-corrected chi connectivity index (χ0v) is 7.67. The summed E-state index contributed by atoms with van der Waals surface area (Å²) in [6.45, 7) is 0. The van der Waals surface area contributed by atoms with Crippen LogP contribution in [0.3, 0.4) is 0 Å². The Kier molecular flexibility index (Phi) is 2.44. The Labute approximate surface area is 85.0 Å². The molecule has 2 atom stereocenters. The third-order valence-electron chi connectivity index (χ3n) is 2.28. The minimum atomic E-state index is -1.09. The second kappa shape index (κ2) is 3.76. The second-order valence-corrected chi connectivity index (χ2v) is 3.22. The van der Waals surface area contributed by atoms with Crippen LogP contribution >= 0.6 is 0 Å². The summed E-state index contributed by atoms with van der Waals surface area (Å²) in [4.78, 5) is 21.4. The van der Waals surface area contributed by atoms with Crippen molar-refractivity contribution >= 4 is 5.97 Å². The van der Waals surface area contributed by atoms with Gasteiger partial charge in [-0.3, -0.25) is 0 Å². The van der Waals surface area contributed by atoms with Gasteiger partial charge in [-0.15, -0.1) is 0 Å². The standard InChI is InChI=1S/C9H8N2O4/c12-9-7(11(14)10-13)5-6-3-1-2-4-8(6)15-9/h1-4,7,11H,5H2. The van der Waals surface area contributed by atoms with Crippen molar-refractivity contribution in [1.29, 1.82) is 0 Å². The third-order valence-corrected chi connectivity index (χ3v) is 2.28. The summed E-state index contributed by atoms with van der Waals surface area (Å²) >= 11 is 0. The molecule has 15 heavy (non-hydrogen) atoms. The molecular weight excluding hydrogens is 200 g/mol. The van der Waals surface area contributed by atoms with Crippen LogP contribution in [0.1, 0.15) is 5.56 Å². The van der Waals surface area contributed by atoms with Gasteiger partial charge in [0.25, 0.3) is 0 Å². The van der Waals surface area contributed by atoms with Gasteiger partial charge in [-0.1, -0.05) is 23.1 Å². The summed E-state index contributed by atoms with van der Waals surface area (Å²) in [6.07, 6.45) is 0.180. The van der Waals surface area contributed by atoms with Gasteiger partial charge in [-0.25, -0.2) is 4.79 Å². The Balaban J connectivity index is 2.29. The van der Waals surface area contributed by atoms with Crippen LogP contribution in [0.2, 0.25) is 0 Å². The van der Waals surface area contributed by atoms with Crippen molar-refractivity contribution in [3.05, 3.63) is 39.9 Å². The van der Waals surface area contributed by atoms with E-state index in [9.17, 15) is 14.9 Å². The average Bonchev–Trinajstić information content (AvgIpc) is 2.27. The molecule has 0 bridgehead atoms. The molecule has 1 aliphatic rings. The number of nitrogens with one attached hydrogen (secondary N) is 1. The van der Waals surface area contributed by atoms with Gasteiger partial charge in [-0.05, 0) is 6.07 Å². The van der Waals surface area contributed by atoms with E-state index < -0.39 is 17.2 Å². The molecule has 2 rings (SSSR count). The highest BCUT2D eigenvalue weighted by Gasteiger charge is 2.34. The van der Waals surface area contributed by atoms with Crippen molar-refractivity contribution in [2.24, 2.45) is 5.29 Å². The molecule has 1 aliphatic heterocycles. The molecule has 1 heterocycles. The zero-order valence-electron chi connectivity index (χ0n) is 7.67. The molecule has 78 valence electrons. The van der Waals surface area contributed by atoms with Crippen molar-refractivity contribution in [3.63, 3.8) is 0 Å². The summed E-state index contributed by atoms with van der Waals surface area (Å²) in [5.74, 6) is -0.268. The molecule has 0 aromatic heterocycles. The molecule has 0 radical (unpaired) electrons. The van der Waals surface area contributed by atoms with Gasteiger partial charge >= 0.3 is 5.97 Å². The number of carbonyl (C=O) groups is 1. The number of para-hydroxylation sites is 1. The minimum absolute atomic E-state index is 0.180. The number of fused-ring (bicyclic) bond motifs is 1. The van der Waals surface area contributed by atoms with Crippen LogP contribution in [-0.2, 0) is 11.2 Å². The van der Waals surface area contributed by atoms with E-state index >= 15 is 0 Å². The monoisotopic (exact) mass is 208 g/mol. The predicted octanol–water partition coefficient (Wildman–Crippen LogP) is -0.419. The zero-order chi connectivity index (χ0) is 10.8. The van der Waals surface area contributed by atoms with Crippen molar-refractivity contribution in [2.45, 2.75) is 12.5 Å². The van der Waals surface area contributed by atoms with Crippen LogP contribution < -0.4 is 9.91 Å². The number of rotatable bonds is 2. The molecule has 0 saturated carbocycles. The first kappa shape index (κ1) is 9.75. The van der Waals surface area contributed by atoms with Gasteiger partial charge in [0.15, 0.2) is 5.29 Å². The van der Waals surface area contributed by atoms with Gasteiger partial charge in [0.05, 0.1) is 0 Å². The summed E-state index contributed by atoms with van der Waals surface area (Å²) in [7, 11) is 0. The number of esters is 1. The van der Waals surface area contributed by atoms with Gasteiger partial charge in [0, 0.05) is 12.0 Å². The van der Waals surface area contributed by atoms with Gasteiger partial charge < -0.3 is 9.94 Å². The lowest BCUT2D eigenvalue weighted by atomic mass is 10.0. The Hall–Kier alpha value is -1.79. The van der Waals surface area contributed by atoms with Crippen LogP contribution in [0, 0.1) is 10.1 Å². The maximum atomic E-state index is 11.3. The maximum Gasteiger partial charge on any atom is 0.373 e. The lowest BCUT2D eigenvalue weighted by Crippen LogP contribution is -3.08. The third kappa shape index (κ3) is 1.72. The molecule has 1 aromatic rings. The van der Waals surface area contributed by atoms with Crippen molar-refractivity contribution in [3.8, 4) is 5.75 Å². The number of hydrogen-bond acceptors (Lipinski definition) is 5. The van der Waals surface area contributed by atoms with Crippen LogP contribution in [0.25, 0.3) is 0 Å². The predicted molar refractivity (Wildman–Crippen MR) is 49.7 cm³/mol. The quantitative estimate of drug-likeness (QED) is 0.309. The van der Waals surface area contributed by atoms with E-state index in [-0.39, 0.29) is 6.42 Å². The number of ether oxygens (including phenoxy) is 1. The van der Waals surface area contributed by atoms with Crippen molar-refractivity contribution < 1.29 is 14.7 Å². The topological polar surface area (TPSA) is 83.2 Å². The molecule has 0 fully saturated rings. The van der Waals surface area contributed by atoms with Gasteiger partial charge in [0.1, 0.15) is 5.75 Å². The van der Waals surface area contributed by atoms with E-state index in [1.54, 1.807) is 24.3 Å². The molecular formula is C9H8N2O4. The summed E-state index contributed by atoms with van der Waals surface area (Å²) in [5, 5.41) is 12.3. The first-order valence-corrected chi connectivity index (χ1v) is 4.39. The summed E-state index contributed by atoms with van der Waals surface area (Å²) < 4.78 is 4.91. The van der Waals surface area contributed by atoms with E-state index in [1.165, 1.54) is 0 Å². The average molecular weight is 208 g/mol. The number of quaternary nitrogens is 1. The Bertz CT molecular complexity index is 407. The molecule has 6 nitrogen and oxygen atoms in total. The number of nitrogens with zero attached hydrogens (tertiary/aromatic N) is 1. The minimum Gasteiger partial charge on any atom is -0.603 e. The highest BCUT2D eigenvalue weighted by molar-refractivity contribution is 5.79. The largest absolute Gasteiger partial charge is 0.603 e. The molecule has 6 heteroatoms. The molecule has 2 unspecified atom stereocenters. The molecule has 0 saturated heterocycles. The van der Waals surface area contributed by atoms with Crippen molar-refractivity contribution in [1.82, 2.24) is 0 Å². The first-order chi connectivity index (χ1) is 7.22. The normalized spacial score (nSPS) is 21.4. The van der Waals surface area contributed by atoms with Gasteiger partial charge in [-0.2, -0.15) is 5.17 Å². The van der Waals surface area contributed by atoms with Crippen LogP contribution in [-0.4, -0.2) is 12.0 Å². The fraction of sp³-hybridized carbons (Fsp3) is 0.222. The molecule has 0 amide bonds. The maximum absolute atomic E-state index is 11.3. The number of carbonyl (C=O) groups excluding carboxylic acids is 1. The molecule has 0 aliphatic carbocycles. The Morgan fingerprint density at radius 2 is 2.20 bits per heavy atom. The number of nitroso groups, excluding NO2 is 1. The van der Waals surface area contributed by atoms with E-state index in [4.69, 9.17) is 4.74 Å². The molecule has 1 N–H and O–H groups in total. The van der Waals surface area contributed by atoms with Gasteiger partial charge in [0.2, 0.25) is 6.04 Å². The molecule has 0 spiro atoms. The lowest BCUT2D eigenvalue weighted by Gasteiger charge is -2.25. The summed E-state index contributed by atoms with van der Waals surface area (Å²) in [5.41, 5.74) is 0.735.